The normalized spacial score (nSPS) is 22.9. The quantitative estimate of drug-likeness (QED) is 0.599. The van der Waals surface area contributed by atoms with Crippen molar-refractivity contribution in [3.63, 3.8) is 0 Å². The van der Waals surface area contributed by atoms with Crippen molar-refractivity contribution in [3.05, 3.63) is 60.3 Å². The molecular weight excluding hydrogens is 438 g/mol. The average molecular weight is 472 g/mol. The number of amides is 2. The van der Waals surface area contributed by atoms with E-state index >= 15 is 0 Å². The summed E-state index contributed by atoms with van der Waals surface area (Å²) < 4.78 is 0. The van der Waals surface area contributed by atoms with Crippen LogP contribution in [0.2, 0.25) is 0 Å². The topological polar surface area (TPSA) is 71.7 Å². The molecule has 0 aliphatic carbocycles. The summed E-state index contributed by atoms with van der Waals surface area (Å²) in [7, 11) is 0. The Morgan fingerprint density at radius 2 is 1.74 bits per heavy atom. The van der Waals surface area contributed by atoms with Crippen LogP contribution in [0, 0.1) is 0 Å². The number of benzene rings is 2. The van der Waals surface area contributed by atoms with E-state index in [1.165, 1.54) is 22.2 Å². The maximum Gasteiger partial charge on any atom is 0.229 e. The Morgan fingerprint density at radius 3 is 2.57 bits per heavy atom. The number of carbonyl (C=O) groups is 2. The van der Waals surface area contributed by atoms with Gasteiger partial charge < -0.3 is 20.1 Å². The van der Waals surface area contributed by atoms with Crippen LogP contribution in [0.25, 0.3) is 10.9 Å². The van der Waals surface area contributed by atoms with Gasteiger partial charge in [-0.05, 0) is 49.1 Å². The molecule has 7 heteroatoms. The zero-order chi connectivity index (χ0) is 23.8. The Morgan fingerprint density at radius 1 is 0.914 bits per heavy atom. The Kier molecular flexibility index (Phi) is 5.94. The van der Waals surface area contributed by atoms with Gasteiger partial charge in [-0.2, -0.15) is 0 Å². The van der Waals surface area contributed by atoms with E-state index in [0.717, 1.165) is 57.7 Å². The molecule has 7 nitrogen and oxygen atoms in total. The summed E-state index contributed by atoms with van der Waals surface area (Å²) in [6.45, 7) is 4.82. The minimum absolute atomic E-state index is 0.0376. The first-order valence-electron chi connectivity index (χ1n) is 12.9. The number of fused-ring (bicyclic) bond motifs is 2. The average Bonchev–Trinajstić information content (AvgIpc) is 3.53. The van der Waals surface area contributed by atoms with Crippen LogP contribution in [0.5, 0.6) is 0 Å². The Hall–Kier alpha value is -3.32. The SMILES string of the molecule is O=C1CCC(CC(=O)N2c3ccccc3CCC2CN2CCN(c3cccc4[nH]ccc34)CC2)N1. The highest BCUT2D eigenvalue weighted by Crippen LogP contribution is 2.33. The van der Waals surface area contributed by atoms with Crippen LogP contribution in [-0.2, 0) is 16.0 Å². The zero-order valence-corrected chi connectivity index (χ0v) is 20.1. The molecule has 2 fully saturated rings. The highest BCUT2D eigenvalue weighted by molar-refractivity contribution is 5.96. The minimum Gasteiger partial charge on any atom is -0.368 e. The van der Waals surface area contributed by atoms with Crippen molar-refractivity contribution >= 4 is 34.1 Å². The molecular formula is C28H33N5O2. The van der Waals surface area contributed by atoms with Crippen LogP contribution in [0.3, 0.4) is 0 Å². The van der Waals surface area contributed by atoms with E-state index in [9.17, 15) is 9.59 Å². The largest absolute Gasteiger partial charge is 0.368 e. The van der Waals surface area contributed by atoms with Gasteiger partial charge in [0.15, 0.2) is 0 Å². The summed E-state index contributed by atoms with van der Waals surface area (Å²) in [5.74, 6) is 0.193. The second-order valence-electron chi connectivity index (χ2n) is 10.1. The maximum absolute atomic E-state index is 13.6. The molecule has 2 atom stereocenters. The number of aryl methyl sites for hydroxylation is 1. The number of carbonyl (C=O) groups excluding carboxylic acids is 2. The molecule has 2 amide bonds. The molecule has 4 heterocycles. The first-order chi connectivity index (χ1) is 17.2. The number of aromatic amines is 1. The van der Waals surface area contributed by atoms with Crippen LogP contribution in [0.1, 0.15) is 31.2 Å². The van der Waals surface area contributed by atoms with Gasteiger partial charge in [0.1, 0.15) is 0 Å². The van der Waals surface area contributed by atoms with Gasteiger partial charge in [0.2, 0.25) is 11.8 Å². The van der Waals surface area contributed by atoms with Gasteiger partial charge in [0.05, 0.1) is 0 Å². The van der Waals surface area contributed by atoms with Crippen molar-refractivity contribution in [2.24, 2.45) is 0 Å². The predicted molar refractivity (Wildman–Crippen MR) is 139 cm³/mol. The van der Waals surface area contributed by atoms with Gasteiger partial charge in [-0.25, -0.2) is 0 Å². The molecule has 2 N–H and O–H groups in total. The molecule has 2 saturated heterocycles. The smallest absolute Gasteiger partial charge is 0.229 e. The van der Waals surface area contributed by atoms with E-state index in [-0.39, 0.29) is 23.9 Å². The van der Waals surface area contributed by atoms with Gasteiger partial charge in [-0.3, -0.25) is 14.5 Å². The van der Waals surface area contributed by atoms with Gasteiger partial charge in [0, 0.05) is 86.1 Å². The molecule has 2 aromatic carbocycles. The zero-order valence-electron chi connectivity index (χ0n) is 20.1. The summed E-state index contributed by atoms with van der Waals surface area (Å²) in [5, 5.41) is 4.25. The van der Waals surface area contributed by atoms with E-state index in [1.54, 1.807) is 0 Å². The third kappa shape index (κ3) is 4.41. The standard InChI is InChI=1S/C28H33N5O2/c34-27-11-9-21(30-27)18-28(35)33-22(10-8-20-4-1-2-6-25(20)33)19-31-14-16-32(17-15-31)26-7-3-5-24-23(26)12-13-29-24/h1-7,12-13,21-22,29H,8-11,14-19H2,(H,30,34). The molecule has 0 bridgehead atoms. The number of piperazine rings is 1. The Bertz CT molecular complexity index is 1230. The first kappa shape index (κ1) is 22.2. The van der Waals surface area contributed by atoms with Crippen LogP contribution in [-0.4, -0.2) is 66.5 Å². The molecule has 0 spiro atoms. The van der Waals surface area contributed by atoms with Crippen molar-refractivity contribution in [2.75, 3.05) is 42.5 Å². The van der Waals surface area contributed by atoms with Crippen molar-refractivity contribution in [1.29, 1.82) is 0 Å². The number of anilines is 2. The number of nitrogens with one attached hydrogen (secondary N) is 2. The summed E-state index contributed by atoms with van der Waals surface area (Å²) in [4.78, 5) is 35.6. The van der Waals surface area contributed by atoms with Gasteiger partial charge in [-0.1, -0.05) is 24.3 Å². The molecule has 6 rings (SSSR count). The minimum atomic E-state index is -0.0376. The number of hydrogen-bond donors (Lipinski definition) is 2. The molecule has 0 saturated carbocycles. The molecule has 3 aliphatic heterocycles. The number of nitrogens with zero attached hydrogens (tertiary/aromatic N) is 3. The summed E-state index contributed by atoms with van der Waals surface area (Å²) >= 11 is 0. The molecule has 1 aromatic heterocycles. The van der Waals surface area contributed by atoms with Gasteiger partial charge >= 0.3 is 0 Å². The second-order valence-corrected chi connectivity index (χ2v) is 10.1. The van der Waals surface area contributed by atoms with E-state index in [1.807, 2.05) is 12.3 Å². The molecule has 3 aliphatic rings. The van der Waals surface area contributed by atoms with Crippen molar-refractivity contribution < 1.29 is 9.59 Å². The molecule has 0 radical (unpaired) electrons. The lowest BCUT2D eigenvalue weighted by atomic mass is 9.94. The van der Waals surface area contributed by atoms with Crippen molar-refractivity contribution in [2.45, 2.75) is 44.2 Å². The second kappa shape index (κ2) is 9.38. The lowest BCUT2D eigenvalue weighted by Gasteiger charge is -2.43. The number of H-pyrrole nitrogens is 1. The van der Waals surface area contributed by atoms with Crippen LogP contribution in [0.4, 0.5) is 11.4 Å². The third-order valence-electron chi connectivity index (χ3n) is 7.89. The van der Waals surface area contributed by atoms with Gasteiger partial charge in [0.25, 0.3) is 0 Å². The van der Waals surface area contributed by atoms with E-state index < -0.39 is 0 Å². The van der Waals surface area contributed by atoms with Crippen LogP contribution < -0.4 is 15.1 Å². The number of rotatable bonds is 5. The maximum atomic E-state index is 13.6. The predicted octanol–water partition coefficient (Wildman–Crippen LogP) is 3.31. The van der Waals surface area contributed by atoms with Gasteiger partial charge in [-0.15, -0.1) is 0 Å². The molecule has 182 valence electrons. The Balaban J connectivity index is 1.15. The van der Waals surface area contributed by atoms with Crippen molar-refractivity contribution in [3.8, 4) is 0 Å². The highest BCUT2D eigenvalue weighted by atomic mass is 16.2. The monoisotopic (exact) mass is 471 g/mol. The fourth-order valence-electron chi connectivity index (χ4n) is 6.07. The molecule has 35 heavy (non-hydrogen) atoms. The lowest BCUT2D eigenvalue weighted by Crippen LogP contribution is -2.54. The third-order valence-corrected chi connectivity index (χ3v) is 7.89. The first-order valence-corrected chi connectivity index (χ1v) is 12.9. The number of para-hydroxylation sites is 1. The van der Waals surface area contributed by atoms with Crippen LogP contribution >= 0.6 is 0 Å². The lowest BCUT2D eigenvalue weighted by molar-refractivity contribution is -0.120. The van der Waals surface area contributed by atoms with Crippen molar-refractivity contribution in [1.82, 2.24) is 15.2 Å². The fraction of sp³-hybridized carbons (Fsp3) is 0.429. The molecule has 2 unspecified atom stereocenters. The summed E-state index contributed by atoms with van der Waals surface area (Å²) in [5.41, 5.74) is 4.77. The fourth-order valence-corrected chi connectivity index (χ4v) is 6.07. The Labute approximate surface area is 206 Å². The summed E-state index contributed by atoms with van der Waals surface area (Å²) in [6.07, 6.45) is 5.64. The molecule has 3 aromatic rings. The van der Waals surface area contributed by atoms with Crippen LogP contribution in [0.15, 0.2) is 54.7 Å². The van der Waals surface area contributed by atoms with E-state index in [4.69, 9.17) is 0 Å². The number of hydrogen-bond acceptors (Lipinski definition) is 4. The highest BCUT2D eigenvalue weighted by Gasteiger charge is 2.35. The number of aromatic nitrogens is 1. The van der Waals surface area contributed by atoms with E-state index in [0.29, 0.717) is 12.8 Å². The summed E-state index contributed by atoms with van der Waals surface area (Å²) in [6, 6.07) is 17.1. The van der Waals surface area contributed by atoms with E-state index in [2.05, 4.69) is 67.5 Å².